The Kier molecular flexibility index (Phi) is 5.44. The molecule has 0 aliphatic heterocycles. The van der Waals surface area contributed by atoms with Gasteiger partial charge in [-0.2, -0.15) is 0 Å². The first-order chi connectivity index (χ1) is 6.83. The van der Waals surface area contributed by atoms with Crippen LogP contribution in [0.5, 0.6) is 0 Å². The highest BCUT2D eigenvalue weighted by atomic mass is 32.2. The fourth-order valence-corrected chi connectivity index (χ4v) is 2.80. The van der Waals surface area contributed by atoms with Gasteiger partial charge in [-0.1, -0.05) is 24.1 Å². The number of nitrogens with one attached hydrogen (secondary N) is 1. The first-order valence-electron chi connectivity index (χ1n) is 4.09. The van der Waals surface area contributed by atoms with Crippen molar-refractivity contribution >= 4 is 47.2 Å². The minimum Gasteiger partial charge on any atom is -0.328 e. The molecule has 0 fully saturated rings. The van der Waals surface area contributed by atoms with E-state index in [-0.39, 0.29) is 0 Å². The van der Waals surface area contributed by atoms with Gasteiger partial charge in [0, 0.05) is 18.8 Å². The van der Waals surface area contributed by atoms with Crippen molar-refractivity contribution in [3.8, 4) is 0 Å². The van der Waals surface area contributed by atoms with E-state index in [4.69, 9.17) is 0 Å². The molecule has 1 aromatic carbocycles. The predicted octanol–water partition coefficient (Wildman–Crippen LogP) is 3.74. The zero-order valence-electron chi connectivity index (χ0n) is 8.48. The Labute approximate surface area is 98.6 Å². The molecule has 5 heteroatoms. The summed E-state index contributed by atoms with van der Waals surface area (Å²) in [5.41, 5.74) is 2.37. The number of benzene rings is 1. The molecule has 0 aliphatic carbocycles. The van der Waals surface area contributed by atoms with Crippen LogP contribution in [0.25, 0.3) is 0 Å². The van der Waals surface area contributed by atoms with Gasteiger partial charge in [0.1, 0.15) is 0 Å². The lowest BCUT2D eigenvalue weighted by Crippen LogP contribution is -2.03. The Morgan fingerprint density at radius 1 is 1.07 bits per heavy atom. The van der Waals surface area contributed by atoms with Crippen LogP contribution >= 0.6 is 35.8 Å². The summed E-state index contributed by atoms with van der Waals surface area (Å²) in [6.45, 7) is 0. The Balaban J connectivity index is 2.92. The van der Waals surface area contributed by atoms with E-state index in [9.17, 15) is 0 Å². The lowest BCUT2D eigenvalue weighted by Gasteiger charge is -2.20. The van der Waals surface area contributed by atoms with E-state index in [1.807, 2.05) is 12.3 Å². The van der Waals surface area contributed by atoms with Crippen LogP contribution in [0, 0.1) is 0 Å². The molecule has 0 aliphatic rings. The van der Waals surface area contributed by atoms with Gasteiger partial charge >= 0.3 is 0 Å². The Morgan fingerprint density at radius 2 is 1.71 bits per heavy atom. The van der Waals surface area contributed by atoms with Crippen molar-refractivity contribution in [3.63, 3.8) is 0 Å². The fourth-order valence-electron chi connectivity index (χ4n) is 1.10. The topological polar surface area (TPSA) is 15.3 Å². The summed E-state index contributed by atoms with van der Waals surface area (Å²) in [6.07, 6.45) is 6.18. The van der Waals surface area contributed by atoms with Gasteiger partial charge < -0.3 is 4.72 Å². The van der Waals surface area contributed by atoms with Gasteiger partial charge in [-0.3, -0.25) is 3.71 Å². The van der Waals surface area contributed by atoms with E-state index in [2.05, 4.69) is 39.1 Å². The highest BCUT2D eigenvalue weighted by Gasteiger charge is 2.08. The first kappa shape index (κ1) is 11.9. The second-order valence-corrected chi connectivity index (χ2v) is 4.75. The molecule has 2 nitrogen and oxygen atoms in total. The van der Waals surface area contributed by atoms with Crippen molar-refractivity contribution in [2.45, 2.75) is 0 Å². The van der Waals surface area contributed by atoms with Crippen LogP contribution in [0.1, 0.15) is 0 Å². The van der Waals surface area contributed by atoms with Crippen LogP contribution in [0.2, 0.25) is 0 Å². The van der Waals surface area contributed by atoms with Crippen molar-refractivity contribution in [1.82, 2.24) is 0 Å². The molecule has 0 saturated heterocycles. The van der Waals surface area contributed by atoms with E-state index >= 15 is 0 Å². The highest BCUT2D eigenvalue weighted by Crippen LogP contribution is 2.34. The van der Waals surface area contributed by atoms with Crippen molar-refractivity contribution < 1.29 is 0 Å². The maximum Gasteiger partial charge on any atom is 0.0834 e. The molecule has 0 radical (unpaired) electrons. The molecule has 0 aromatic heterocycles. The molecule has 0 spiro atoms. The average Bonchev–Trinajstić information content (AvgIpc) is 2.23. The number of rotatable bonds is 5. The van der Waals surface area contributed by atoms with Gasteiger partial charge in [-0.05, 0) is 36.0 Å². The van der Waals surface area contributed by atoms with Gasteiger partial charge in [-0.25, -0.2) is 0 Å². The predicted molar refractivity (Wildman–Crippen MR) is 73.1 cm³/mol. The quantitative estimate of drug-likeness (QED) is 0.794. The van der Waals surface area contributed by atoms with E-state index in [0.717, 1.165) is 5.69 Å². The van der Waals surface area contributed by atoms with Crippen molar-refractivity contribution in [2.75, 3.05) is 27.2 Å². The highest BCUT2D eigenvalue weighted by molar-refractivity contribution is 8.17. The SMILES string of the molecule is CSNc1ccccc1N(SC)SC. The third-order valence-corrected chi connectivity index (χ3v) is 4.02. The smallest absolute Gasteiger partial charge is 0.0834 e. The van der Waals surface area contributed by atoms with Crippen LogP contribution in [-0.2, 0) is 0 Å². The molecule has 0 bridgehead atoms. The summed E-state index contributed by atoms with van der Waals surface area (Å²) in [6, 6.07) is 8.30. The first-order valence-corrected chi connectivity index (χ1v) is 7.68. The third kappa shape index (κ3) is 2.93. The number of hydrogen-bond donors (Lipinski definition) is 1. The zero-order chi connectivity index (χ0) is 10.4. The van der Waals surface area contributed by atoms with Crippen molar-refractivity contribution in [3.05, 3.63) is 24.3 Å². The molecule has 14 heavy (non-hydrogen) atoms. The second-order valence-electron chi connectivity index (χ2n) is 2.45. The third-order valence-electron chi connectivity index (χ3n) is 1.64. The van der Waals surface area contributed by atoms with Gasteiger partial charge in [0.05, 0.1) is 11.4 Å². The minimum absolute atomic E-state index is 1.16. The molecule has 0 heterocycles. The molecule has 1 aromatic rings. The maximum atomic E-state index is 3.27. The van der Waals surface area contributed by atoms with Crippen molar-refractivity contribution in [1.29, 1.82) is 0 Å². The van der Waals surface area contributed by atoms with Crippen molar-refractivity contribution in [2.24, 2.45) is 0 Å². The summed E-state index contributed by atoms with van der Waals surface area (Å²) in [4.78, 5) is 0. The molecular formula is C9H14N2S3. The average molecular weight is 246 g/mol. The lowest BCUT2D eigenvalue weighted by atomic mass is 10.3. The fraction of sp³-hybridized carbons (Fsp3) is 0.333. The lowest BCUT2D eigenvalue weighted by molar-refractivity contribution is 1.59. The summed E-state index contributed by atoms with van der Waals surface area (Å²) in [5.74, 6) is 0. The van der Waals surface area contributed by atoms with E-state index in [1.54, 1.807) is 35.8 Å². The van der Waals surface area contributed by atoms with Gasteiger partial charge in [-0.15, -0.1) is 0 Å². The van der Waals surface area contributed by atoms with Crippen LogP contribution in [0.4, 0.5) is 11.4 Å². The van der Waals surface area contributed by atoms with E-state index in [1.165, 1.54) is 5.69 Å². The van der Waals surface area contributed by atoms with Gasteiger partial charge in [0.15, 0.2) is 0 Å². The van der Waals surface area contributed by atoms with Gasteiger partial charge in [0.2, 0.25) is 0 Å². The van der Waals surface area contributed by atoms with E-state index < -0.39 is 0 Å². The summed E-state index contributed by atoms with van der Waals surface area (Å²) in [7, 11) is 0. The molecule has 0 atom stereocenters. The summed E-state index contributed by atoms with van der Waals surface area (Å²) >= 11 is 5.03. The molecule has 0 saturated carbocycles. The van der Waals surface area contributed by atoms with E-state index in [0.29, 0.717) is 0 Å². The molecule has 0 unspecified atom stereocenters. The monoisotopic (exact) mass is 246 g/mol. The maximum absolute atomic E-state index is 3.27. The Hall–Kier alpha value is -0.130. The normalized spacial score (nSPS) is 9.93. The minimum atomic E-state index is 1.16. The largest absolute Gasteiger partial charge is 0.328 e. The Bertz CT molecular complexity index is 277. The molecule has 0 amide bonds. The van der Waals surface area contributed by atoms with Gasteiger partial charge in [0.25, 0.3) is 0 Å². The molecule has 1 N–H and O–H groups in total. The Morgan fingerprint density at radius 3 is 2.29 bits per heavy atom. The van der Waals surface area contributed by atoms with Crippen LogP contribution < -0.4 is 8.43 Å². The summed E-state index contributed by atoms with van der Waals surface area (Å²) < 4.78 is 5.45. The van der Waals surface area contributed by atoms with Crippen LogP contribution in [-0.4, -0.2) is 18.8 Å². The number of anilines is 2. The number of nitrogens with zero attached hydrogens (tertiary/aromatic N) is 1. The van der Waals surface area contributed by atoms with Crippen LogP contribution in [0.15, 0.2) is 24.3 Å². The van der Waals surface area contributed by atoms with Crippen LogP contribution in [0.3, 0.4) is 0 Å². The molecular weight excluding hydrogens is 232 g/mol. The zero-order valence-corrected chi connectivity index (χ0v) is 10.9. The molecule has 1 rings (SSSR count). The number of hydrogen-bond acceptors (Lipinski definition) is 5. The second kappa shape index (κ2) is 6.37. The number of para-hydroxylation sites is 2. The molecule has 78 valence electrons. The standard InChI is InChI=1S/C9H14N2S3/c1-12-10-8-6-4-5-7-9(8)11(13-2)14-3/h4-7,10H,1-3H3. The summed E-state index contributed by atoms with van der Waals surface area (Å²) in [5, 5.41) is 0.